The molecule has 4 nitrogen and oxygen atoms in total. The maximum absolute atomic E-state index is 12.0. The van der Waals surface area contributed by atoms with Crippen LogP contribution in [0.2, 0.25) is 0 Å². The Morgan fingerprint density at radius 1 is 0.586 bits per heavy atom. The van der Waals surface area contributed by atoms with Crippen molar-refractivity contribution in [1.82, 2.24) is 0 Å². The molecule has 0 aliphatic carbocycles. The highest BCUT2D eigenvalue weighted by Gasteiger charge is 2.43. The maximum Gasteiger partial charge on any atom is 0.319 e. The van der Waals surface area contributed by atoms with Gasteiger partial charge in [0.25, 0.3) is 0 Å². The number of carboxylic acid groups (broad SMARTS) is 1. The lowest BCUT2D eigenvalue weighted by molar-refractivity contribution is -0.156. The summed E-state index contributed by atoms with van der Waals surface area (Å²) in [5.41, 5.74) is 4.21. The van der Waals surface area contributed by atoms with E-state index in [0.717, 1.165) is 38.5 Å². The van der Waals surface area contributed by atoms with Gasteiger partial charge >= 0.3 is 5.97 Å². The van der Waals surface area contributed by atoms with E-state index < -0.39 is 17.3 Å². The molecule has 1 amide bonds. The highest BCUT2D eigenvalue weighted by Crippen LogP contribution is 2.32. The highest BCUT2D eigenvalue weighted by molar-refractivity contribution is 6.01. The van der Waals surface area contributed by atoms with Crippen LogP contribution in [-0.2, 0) is 9.59 Å². The van der Waals surface area contributed by atoms with E-state index in [1.54, 1.807) is 0 Å². The van der Waals surface area contributed by atoms with Crippen LogP contribution in [0.15, 0.2) is 0 Å². The minimum absolute atomic E-state index is 0.393. The number of carboxylic acids is 1. The molecule has 0 saturated carbocycles. The molecule has 0 aliphatic heterocycles. The lowest BCUT2D eigenvalue weighted by atomic mass is 9.77. The van der Waals surface area contributed by atoms with Crippen LogP contribution in [0.4, 0.5) is 0 Å². The number of unbranched alkanes of at least 4 members (excludes halogenated alkanes) is 16. The Morgan fingerprint density at radius 2 is 0.862 bits per heavy atom. The smallest absolute Gasteiger partial charge is 0.319 e. The summed E-state index contributed by atoms with van der Waals surface area (Å²) in [6, 6.07) is 0. The number of hydrogen-bond acceptors (Lipinski definition) is 2. The lowest BCUT2D eigenvalue weighted by Crippen LogP contribution is -2.44. The van der Waals surface area contributed by atoms with Gasteiger partial charge in [0.1, 0.15) is 5.41 Å². The van der Waals surface area contributed by atoms with Gasteiger partial charge in [-0.05, 0) is 12.8 Å². The van der Waals surface area contributed by atoms with Gasteiger partial charge in [-0.15, -0.1) is 0 Å². The standard InChI is InChI=1S/C25H49NO3/c1-3-5-7-9-11-13-15-17-19-21-25(23(26)27,24(28)29)22-20-18-16-14-12-10-8-6-4-2/h3-22H2,1-2H3,(H2,26,27)(H,28,29). The first-order valence-corrected chi connectivity index (χ1v) is 12.5. The predicted octanol–water partition coefficient (Wildman–Crippen LogP) is 7.38. The van der Waals surface area contributed by atoms with Crippen LogP contribution >= 0.6 is 0 Å². The highest BCUT2D eigenvalue weighted by atomic mass is 16.4. The fraction of sp³-hybridized carbons (Fsp3) is 0.920. The van der Waals surface area contributed by atoms with Gasteiger partial charge in [0, 0.05) is 0 Å². The predicted molar refractivity (Wildman–Crippen MR) is 123 cm³/mol. The minimum Gasteiger partial charge on any atom is -0.480 e. The molecule has 0 radical (unpaired) electrons. The second kappa shape index (κ2) is 18.9. The normalized spacial score (nSPS) is 11.7. The van der Waals surface area contributed by atoms with E-state index in [9.17, 15) is 14.7 Å². The van der Waals surface area contributed by atoms with Crippen LogP contribution in [0, 0.1) is 5.41 Å². The summed E-state index contributed by atoms with van der Waals surface area (Å²) in [6.45, 7) is 4.45. The number of primary amides is 1. The number of rotatable bonds is 22. The topological polar surface area (TPSA) is 80.4 Å². The third-order valence-corrected chi connectivity index (χ3v) is 6.30. The van der Waals surface area contributed by atoms with Crippen LogP contribution < -0.4 is 5.73 Å². The van der Waals surface area contributed by atoms with Crippen molar-refractivity contribution in [2.24, 2.45) is 11.1 Å². The molecule has 0 spiro atoms. The third kappa shape index (κ3) is 13.7. The molecule has 4 heteroatoms. The Labute approximate surface area is 180 Å². The maximum atomic E-state index is 12.0. The van der Waals surface area contributed by atoms with Gasteiger partial charge in [-0.25, -0.2) is 0 Å². The van der Waals surface area contributed by atoms with Crippen molar-refractivity contribution in [3.05, 3.63) is 0 Å². The van der Waals surface area contributed by atoms with Gasteiger partial charge in [-0.1, -0.05) is 129 Å². The van der Waals surface area contributed by atoms with Crippen LogP contribution in [0.1, 0.15) is 142 Å². The second-order valence-electron chi connectivity index (χ2n) is 8.91. The molecule has 29 heavy (non-hydrogen) atoms. The first-order chi connectivity index (χ1) is 14.0. The zero-order chi connectivity index (χ0) is 21.8. The molecule has 0 heterocycles. The number of nitrogens with two attached hydrogens (primary N) is 1. The van der Waals surface area contributed by atoms with Crippen molar-refractivity contribution in [3.8, 4) is 0 Å². The van der Waals surface area contributed by atoms with Crippen molar-refractivity contribution in [2.45, 2.75) is 142 Å². The number of carbonyl (C=O) groups excluding carboxylic acids is 1. The molecule has 0 aromatic carbocycles. The van der Waals surface area contributed by atoms with Gasteiger partial charge in [0.05, 0.1) is 0 Å². The Hall–Kier alpha value is -1.06. The average Bonchev–Trinajstić information content (AvgIpc) is 2.69. The van der Waals surface area contributed by atoms with Crippen molar-refractivity contribution in [1.29, 1.82) is 0 Å². The molecule has 0 rings (SSSR count). The summed E-state index contributed by atoms with van der Waals surface area (Å²) in [6.07, 6.45) is 21.9. The summed E-state index contributed by atoms with van der Waals surface area (Å²) in [5, 5.41) is 9.74. The summed E-state index contributed by atoms with van der Waals surface area (Å²) in [5.74, 6) is -1.67. The van der Waals surface area contributed by atoms with Gasteiger partial charge < -0.3 is 10.8 Å². The van der Waals surface area contributed by atoms with Gasteiger partial charge in [0.15, 0.2) is 0 Å². The quantitative estimate of drug-likeness (QED) is 0.144. The van der Waals surface area contributed by atoms with E-state index in [-0.39, 0.29) is 0 Å². The molecule has 0 saturated heterocycles. The molecular weight excluding hydrogens is 362 g/mol. The fourth-order valence-corrected chi connectivity index (χ4v) is 4.17. The zero-order valence-corrected chi connectivity index (χ0v) is 19.5. The van der Waals surface area contributed by atoms with E-state index in [0.29, 0.717) is 12.8 Å². The first-order valence-electron chi connectivity index (χ1n) is 12.5. The summed E-state index contributed by atoms with van der Waals surface area (Å²) < 4.78 is 0. The van der Waals surface area contributed by atoms with Crippen molar-refractivity contribution < 1.29 is 14.7 Å². The molecule has 172 valence electrons. The van der Waals surface area contributed by atoms with Gasteiger partial charge in [-0.3, -0.25) is 9.59 Å². The molecule has 0 aliphatic rings. The average molecular weight is 412 g/mol. The minimum atomic E-state index is -1.36. The van der Waals surface area contributed by atoms with Crippen molar-refractivity contribution >= 4 is 11.9 Å². The first kappa shape index (κ1) is 27.9. The van der Waals surface area contributed by atoms with E-state index >= 15 is 0 Å². The Balaban J connectivity index is 4.07. The largest absolute Gasteiger partial charge is 0.480 e. The van der Waals surface area contributed by atoms with Crippen molar-refractivity contribution in [3.63, 3.8) is 0 Å². The van der Waals surface area contributed by atoms with Gasteiger partial charge in [-0.2, -0.15) is 0 Å². The SMILES string of the molecule is CCCCCCCCCCCC(CCCCCCCCCCC)(C(N)=O)C(=O)O. The molecule has 0 aromatic rings. The van der Waals surface area contributed by atoms with Crippen LogP contribution in [0.25, 0.3) is 0 Å². The molecule has 0 atom stereocenters. The molecule has 3 N–H and O–H groups in total. The zero-order valence-electron chi connectivity index (χ0n) is 19.5. The second-order valence-corrected chi connectivity index (χ2v) is 8.91. The van der Waals surface area contributed by atoms with Gasteiger partial charge in [0.2, 0.25) is 5.91 Å². The van der Waals surface area contributed by atoms with Crippen LogP contribution in [-0.4, -0.2) is 17.0 Å². The lowest BCUT2D eigenvalue weighted by Gasteiger charge is -2.26. The van der Waals surface area contributed by atoms with E-state index in [1.807, 2.05) is 0 Å². The number of aliphatic carboxylic acids is 1. The van der Waals surface area contributed by atoms with E-state index in [1.165, 1.54) is 77.0 Å². The fourth-order valence-electron chi connectivity index (χ4n) is 4.17. The summed E-state index contributed by atoms with van der Waals surface area (Å²) in [4.78, 5) is 23.9. The van der Waals surface area contributed by atoms with Crippen molar-refractivity contribution in [2.75, 3.05) is 0 Å². The Morgan fingerprint density at radius 3 is 1.10 bits per heavy atom. The monoisotopic (exact) mass is 411 g/mol. The summed E-state index contributed by atoms with van der Waals surface area (Å²) >= 11 is 0. The summed E-state index contributed by atoms with van der Waals surface area (Å²) in [7, 11) is 0. The molecule has 0 fully saturated rings. The van der Waals surface area contributed by atoms with E-state index in [4.69, 9.17) is 5.73 Å². The third-order valence-electron chi connectivity index (χ3n) is 6.30. The molecule has 0 bridgehead atoms. The number of amides is 1. The molecular formula is C25H49NO3. The number of hydrogen-bond donors (Lipinski definition) is 2. The van der Waals surface area contributed by atoms with E-state index in [2.05, 4.69) is 13.8 Å². The Kier molecular flexibility index (Phi) is 18.2. The van der Waals surface area contributed by atoms with Crippen LogP contribution in [0.5, 0.6) is 0 Å². The molecule has 0 unspecified atom stereocenters. The molecule has 0 aromatic heterocycles. The number of carbonyl (C=O) groups is 2. The Bertz CT molecular complexity index is 371. The van der Waals surface area contributed by atoms with Crippen LogP contribution in [0.3, 0.4) is 0 Å².